The van der Waals surface area contributed by atoms with Gasteiger partial charge in [0.25, 0.3) is 0 Å². The van der Waals surface area contributed by atoms with Gasteiger partial charge >= 0.3 is 0 Å². The number of aromatic amines is 1. The van der Waals surface area contributed by atoms with E-state index in [2.05, 4.69) is 15.3 Å². The first-order valence-corrected chi connectivity index (χ1v) is 10.8. The van der Waals surface area contributed by atoms with Crippen LogP contribution in [0.5, 0.6) is 11.5 Å². The monoisotopic (exact) mass is 459 g/mol. The molecule has 0 saturated carbocycles. The molecule has 4 rings (SSSR count). The van der Waals surface area contributed by atoms with E-state index in [0.29, 0.717) is 28.7 Å². The van der Waals surface area contributed by atoms with Crippen LogP contribution < -0.4 is 14.4 Å². The molecule has 0 amide bonds. The lowest BCUT2D eigenvalue weighted by Gasteiger charge is -2.12. The van der Waals surface area contributed by atoms with Crippen molar-refractivity contribution in [3.05, 3.63) is 88.7 Å². The van der Waals surface area contributed by atoms with Crippen molar-refractivity contribution >= 4 is 24.1 Å². The van der Waals surface area contributed by atoms with Crippen molar-refractivity contribution < 1.29 is 9.47 Å². The number of ether oxygens (including phenoxy) is 2. The standard InChI is InChI=1S/C25H25N5O2S/c1-29(2)21-12-10-20(11-13-21)24-27-28-25(33)30(24)26-16-19-9-14-22(31-3)23(15-19)32-17-18-7-5-4-6-8-18/h4-16H,17H2,1-3H3,(H,28,33). The van der Waals surface area contributed by atoms with Gasteiger partial charge in [0.1, 0.15) is 6.61 Å². The van der Waals surface area contributed by atoms with Crippen LogP contribution in [0.25, 0.3) is 11.4 Å². The Kier molecular flexibility index (Phi) is 6.85. The lowest BCUT2D eigenvalue weighted by molar-refractivity contribution is 0.284. The van der Waals surface area contributed by atoms with Gasteiger partial charge in [0.15, 0.2) is 17.3 Å². The van der Waals surface area contributed by atoms with Crippen molar-refractivity contribution in [2.75, 3.05) is 26.1 Å². The number of aromatic nitrogens is 3. The number of H-pyrrole nitrogens is 1. The summed E-state index contributed by atoms with van der Waals surface area (Å²) in [7, 11) is 5.63. The number of hydrogen-bond donors (Lipinski definition) is 1. The molecule has 0 radical (unpaired) electrons. The second kappa shape index (κ2) is 10.1. The smallest absolute Gasteiger partial charge is 0.216 e. The molecule has 1 heterocycles. The molecule has 4 aromatic rings. The molecule has 1 aromatic heterocycles. The summed E-state index contributed by atoms with van der Waals surface area (Å²) in [6, 6.07) is 23.7. The van der Waals surface area contributed by atoms with E-state index in [9.17, 15) is 0 Å². The van der Waals surface area contributed by atoms with E-state index < -0.39 is 0 Å². The highest BCUT2D eigenvalue weighted by atomic mass is 32.1. The molecule has 0 spiro atoms. The summed E-state index contributed by atoms with van der Waals surface area (Å²) >= 11 is 5.39. The van der Waals surface area contributed by atoms with Gasteiger partial charge in [-0.2, -0.15) is 14.9 Å². The molecule has 1 N–H and O–H groups in total. The Bertz CT molecular complexity index is 1290. The molecule has 0 saturated heterocycles. The second-order valence-electron chi connectivity index (χ2n) is 7.53. The van der Waals surface area contributed by atoms with E-state index in [1.807, 2.05) is 91.8 Å². The van der Waals surface area contributed by atoms with Gasteiger partial charge < -0.3 is 14.4 Å². The predicted octanol–water partition coefficient (Wildman–Crippen LogP) is 5.14. The Labute approximate surface area is 197 Å². The van der Waals surface area contributed by atoms with Crippen molar-refractivity contribution in [1.29, 1.82) is 0 Å². The summed E-state index contributed by atoms with van der Waals surface area (Å²) in [5, 5.41) is 11.8. The number of rotatable bonds is 8. The van der Waals surface area contributed by atoms with Gasteiger partial charge in [0.2, 0.25) is 4.77 Å². The lowest BCUT2D eigenvalue weighted by Crippen LogP contribution is -2.08. The third-order valence-corrected chi connectivity index (χ3v) is 5.30. The molecule has 0 aliphatic rings. The Morgan fingerprint density at radius 2 is 1.79 bits per heavy atom. The average Bonchev–Trinajstić information content (AvgIpc) is 3.22. The van der Waals surface area contributed by atoms with Gasteiger partial charge in [-0.3, -0.25) is 0 Å². The molecule has 7 nitrogen and oxygen atoms in total. The first kappa shape index (κ1) is 22.3. The first-order valence-electron chi connectivity index (χ1n) is 10.4. The first-order chi connectivity index (χ1) is 16.0. The highest BCUT2D eigenvalue weighted by molar-refractivity contribution is 7.71. The number of hydrogen-bond acceptors (Lipinski definition) is 6. The van der Waals surface area contributed by atoms with Crippen LogP contribution in [0, 0.1) is 4.77 Å². The topological polar surface area (TPSA) is 67.7 Å². The van der Waals surface area contributed by atoms with Gasteiger partial charge in [-0.05, 0) is 65.8 Å². The third-order valence-electron chi connectivity index (χ3n) is 5.04. The maximum Gasteiger partial charge on any atom is 0.216 e. The van der Waals surface area contributed by atoms with Crippen molar-refractivity contribution in [1.82, 2.24) is 14.9 Å². The highest BCUT2D eigenvalue weighted by Gasteiger charge is 2.10. The minimum Gasteiger partial charge on any atom is -0.493 e. The molecular formula is C25H25N5O2S. The molecule has 0 bridgehead atoms. The van der Waals surface area contributed by atoms with Crippen LogP contribution in [-0.2, 0) is 6.61 Å². The van der Waals surface area contributed by atoms with Crippen LogP contribution in [0.4, 0.5) is 5.69 Å². The minimum absolute atomic E-state index is 0.409. The van der Waals surface area contributed by atoms with Crippen molar-refractivity contribution in [3.63, 3.8) is 0 Å². The summed E-state index contributed by atoms with van der Waals surface area (Å²) in [6.07, 6.45) is 1.72. The zero-order valence-corrected chi connectivity index (χ0v) is 19.5. The van der Waals surface area contributed by atoms with Gasteiger partial charge in [0.05, 0.1) is 13.3 Å². The Balaban J connectivity index is 1.58. The van der Waals surface area contributed by atoms with E-state index in [4.69, 9.17) is 21.7 Å². The maximum atomic E-state index is 6.00. The highest BCUT2D eigenvalue weighted by Crippen LogP contribution is 2.28. The Morgan fingerprint density at radius 1 is 1.03 bits per heavy atom. The summed E-state index contributed by atoms with van der Waals surface area (Å²) < 4.78 is 13.5. The van der Waals surface area contributed by atoms with E-state index in [1.54, 1.807) is 18.0 Å². The number of methoxy groups -OCH3 is 1. The number of nitrogens with one attached hydrogen (secondary N) is 1. The van der Waals surface area contributed by atoms with Crippen LogP contribution >= 0.6 is 12.2 Å². The lowest BCUT2D eigenvalue weighted by atomic mass is 10.2. The molecule has 0 unspecified atom stereocenters. The average molecular weight is 460 g/mol. The normalized spacial score (nSPS) is 11.0. The molecule has 33 heavy (non-hydrogen) atoms. The Hall–Kier alpha value is -3.91. The van der Waals surface area contributed by atoms with Crippen LogP contribution in [0.2, 0.25) is 0 Å². The van der Waals surface area contributed by atoms with Crippen molar-refractivity contribution in [2.24, 2.45) is 5.10 Å². The van der Waals surface area contributed by atoms with Crippen LogP contribution in [0.1, 0.15) is 11.1 Å². The number of anilines is 1. The molecular weight excluding hydrogens is 434 g/mol. The number of nitrogens with zero attached hydrogens (tertiary/aromatic N) is 4. The van der Waals surface area contributed by atoms with Crippen molar-refractivity contribution in [3.8, 4) is 22.9 Å². The van der Waals surface area contributed by atoms with E-state index in [0.717, 1.165) is 22.4 Å². The van der Waals surface area contributed by atoms with Gasteiger partial charge in [-0.1, -0.05) is 30.3 Å². The largest absolute Gasteiger partial charge is 0.493 e. The van der Waals surface area contributed by atoms with E-state index in [1.165, 1.54) is 0 Å². The van der Waals surface area contributed by atoms with E-state index >= 15 is 0 Å². The van der Waals surface area contributed by atoms with Gasteiger partial charge in [-0.25, -0.2) is 5.10 Å². The van der Waals surface area contributed by atoms with Crippen LogP contribution in [0.15, 0.2) is 77.9 Å². The fourth-order valence-corrected chi connectivity index (χ4v) is 3.42. The molecule has 0 atom stereocenters. The Morgan fingerprint density at radius 3 is 2.48 bits per heavy atom. The summed E-state index contributed by atoms with van der Waals surface area (Å²) in [4.78, 5) is 2.04. The fourth-order valence-electron chi connectivity index (χ4n) is 3.24. The predicted molar refractivity (Wildman–Crippen MR) is 134 cm³/mol. The van der Waals surface area contributed by atoms with Gasteiger partial charge in [0, 0.05) is 25.3 Å². The molecule has 168 valence electrons. The SMILES string of the molecule is COc1ccc(C=Nn2c(-c3ccc(N(C)C)cc3)n[nH]c2=S)cc1OCc1ccccc1. The summed E-state index contributed by atoms with van der Waals surface area (Å²) in [5.41, 5.74) is 3.93. The molecule has 0 aliphatic heterocycles. The third kappa shape index (κ3) is 5.30. The quantitative estimate of drug-likeness (QED) is 0.292. The second-order valence-corrected chi connectivity index (χ2v) is 7.92. The fraction of sp³-hybridized carbons (Fsp3) is 0.160. The maximum absolute atomic E-state index is 6.00. The molecule has 8 heteroatoms. The van der Waals surface area contributed by atoms with Crippen LogP contribution in [-0.4, -0.2) is 42.3 Å². The minimum atomic E-state index is 0.409. The summed E-state index contributed by atoms with van der Waals surface area (Å²) in [6.45, 7) is 0.442. The summed E-state index contributed by atoms with van der Waals surface area (Å²) in [5.74, 6) is 1.93. The molecule has 3 aromatic carbocycles. The zero-order valence-electron chi connectivity index (χ0n) is 18.7. The molecule has 0 aliphatic carbocycles. The van der Waals surface area contributed by atoms with Crippen molar-refractivity contribution in [2.45, 2.75) is 6.61 Å². The van der Waals surface area contributed by atoms with E-state index in [-0.39, 0.29) is 0 Å². The van der Waals surface area contributed by atoms with Gasteiger partial charge in [-0.15, -0.1) is 0 Å². The van der Waals surface area contributed by atoms with Crippen LogP contribution in [0.3, 0.4) is 0 Å². The molecule has 0 fully saturated rings. The number of benzene rings is 3. The zero-order chi connectivity index (χ0) is 23.2.